The van der Waals surface area contributed by atoms with E-state index in [4.69, 9.17) is 0 Å². The van der Waals surface area contributed by atoms with Crippen LogP contribution in [0.3, 0.4) is 0 Å². The molecule has 0 radical (unpaired) electrons. The van der Waals surface area contributed by atoms with Gasteiger partial charge < -0.3 is 20.9 Å². The molecule has 2 heterocycles. The smallest absolute Gasteiger partial charge is 0.319 e. The predicted molar refractivity (Wildman–Crippen MR) is 127 cm³/mol. The Labute approximate surface area is 198 Å². The van der Waals surface area contributed by atoms with Crippen LogP contribution in [-0.2, 0) is 16.4 Å². The van der Waals surface area contributed by atoms with Crippen LogP contribution in [0, 0.1) is 0 Å². The Balaban J connectivity index is 1.42. The second kappa shape index (κ2) is 10.4. The Morgan fingerprint density at radius 1 is 0.971 bits per heavy atom. The van der Waals surface area contributed by atoms with Gasteiger partial charge in [-0.25, -0.2) is 13.2 Å². The maximum Gasteiger partial charge on any atom is 0.319 e. The van der Waals surface area contributed by atoms with Crippen LogP contribution in [0.15, 0.2) is 82.8 Å². The summed E-state index contributed by atoms with van der Waals surface area (Å²) in [4.78, 5) is 30.7. The molecule has 0 saturated carbocycles. The van der Waals surface area contributed by atoms with Gasteiger partial charge in [0.25, 0.3) is 5.91 Å². The van der Waals surface area contributed by atoms with Gasteiger partial charge in [0, 0.05) is 56.4 Å². The number of sulfone groups is 1. The lowest BCUT2D eigenvalue weighted by Gasteiger charge is -2.27. The molecule has 1 aliphatic heterocycles. The molecule has 0 atom stereocenters. The van der Waals surface area contributed by atoms with Crippen molar-refractivity contribution in [3.63, 3.8) is 0 Å². The largest absolute Gasteiger partial charge is 0.336 e. The van der Waals surface area contributed by atoms with Crippen molar-refractivity contribution in [3.05, 3.63) is 84.2 Å². The van der Waals surface area contributed by atoms with Crippen molar-refractivity contribution < 1.29 is 18.0 Å². The highest BCUT2D eigenvalue weighted by Crippen LogP contribution is 2.24. The number of carbonyl (C=O) groups is 2. The van der Waals surface area contributed by atoms with Crippen LogP contribution in [0.4, 0.5) is 10.5 Å². The fourth-order valence-corrected chi connectivity index (χ4v) is 4.87. The zero-order chi connectivity index (χ0) is 24.0. The van der Waals surface area contributed by atoms with E-state index >= 15 is 0 Å². The van der Waals surface area contributed by atoms with E-state index in [-0.39, 0.29) is 15.7 Å². The Hall–Kier alpha value is -3.76. The van der Waals surface area contributed by atoms with E-state index in [0.717, 1.165) is 5.56 Å². The molecular formula is C24H25N5O4S. The number of amides is 3. The summed E-state index contributed by atoms with van der Waals surface area (Å²) in [6.07, 6.45) is 3.31. The minimum absolute atomic E-state index is 0.0448. The zero-order valence-corrected chi connectivity index (χ0v) is 19.2. The van der Waals surface area contributed by atoms with Crippen molar-refractivity contribution >= 4 is 27.5 Å². The van der Waals surface area contributed by atoms with Gasteiger partial charge in [-0.2, -0.15) is 0 Å². The van der Waals surface area contributed by atoms with Gasteiger partial charge in [0.15, 0.2) is 0 Å². The second-order valence-corrected chi connectivity index (χ2v) is 9.72. The van der Waals surface area contributed by atoms with Crippen molar-refractivity contribution in [1.29, 1.82) is 0 Å². The molecule has 1 fully saturated rings. The summed E-state index contributed by atoms with van der Waals surface area (Å²) < 4.78 is 26.3. The zero-order valence-electron chi connectivity index (χ0n) is 18.4. The number of anilines is 1. The molecule has 4 rings (SSSR count). The molecule has 9 nitrogen and oxygen atoms in total. The topological polar surface area (TPSA) is 120 Å². The molecule has 1 saturated heterocycles. The van der Waals surface area contributed by atoms with Crippen LogP contribution >= 0.6 is 0 Å². The average Bonchev–Trinajstić information content (AvgIpc) is 2.88. The van der Waals surface area contributed by atoms with Crippen LogP contribution in [0.1, 0.15) is 15.9 Å². The lowest BCUT2D eigenvalue weighted by Crippen LogP contribution is -2.46. The first-order valence-electron chi connectivity index (χ1n) is 10.8. The SMILES string of the molecule is O=C(NCc1cccnc1)Nc1ccc(S(=O)(=O)c2cccc(C(=O)N3CCNCC3)c2)cc1. The number of carbonyl (C=O) groups excluding carboxylic acids is 2. The maximum absolute atomic E-state index is 13.1. The van der Waals surface area contributed by atoms with E-state index in [9.17, 15) is 18.0 Å². The second-order valence-electron chi connectivity index (χ2n) is 7.77. The third-order valence-corrected chi connectivity index (χ3v) is 7.16. The Kier molecular flexibility index (Phi) is 7.19. The van der Waals surface area contributed by atoms with E-state index in [2.05, 4.69) is 20.9 Å². The number of rotatable bonds is 6. The summed E-state index contributed by atoms with van der Waals surface area (Å²) >= 11 is 0. The van der Waals surface area contributed by atoms with Crippen LogP contribution < -0.4 is 16.0 Å². The summed E-state index contributed by atoms with van der Waals surface area (Å²) in [6.45, 7) is 2.91. The molecule has 1 aliphatic rings. The highest BCUT2D eigenvalue weighted by Gasteiger charge is 2.22. The van der Waals surface area contributed by atoms with Crippen molar-refractivity contribution in [2.24, 2.45) is 0 Å². The molecule has 176 valence electrons. The third-order valence-electron chi connectivity index (χ3n) is 5.39. The van der Waals surface area contributed by atoms with Crippen molar-refractivity contribution in [2.75, 3.05) is 31.5 Å². The van der Waals surface area contributed by atoms with Crippen molar-refractivity contribution in [1.82, 2.24) is 20.5 Å². The lowest BCUT2D eigenvalue weighted by molar-refractivity contribution is 0.0735. The van der Waals surface area contributed by atoms with Crippen LogP contribution in [0.25, 0.3) is 0 Å². The molecule has 1 aromatic heterocycles. The molecule has 3 aromatic rings. The van der Waals surface area contributed by atoms with E-state index in [1.54, 1.807) is 35.5 Å². The quantitative estimate of drug-likeness (QED) is 0.499. The highest BCUT2D eigenvalue weighted by molar-refractivity contribution is 7.91. The molecular weight excluding hydrogens is 454 g/mol. The Bertz CT molecular complexity index is 1260. The Morgan fingerprint density at radius 2 is 1.74 bits per heavy atom. The fourth-order valence-electron chi connectivity index (χ4n) is 3.56. The van der Waals surface area contributed by atoms with Crippen LogP contribution in [0.5, 0.6) is 0 Å². The van der Waals surface area contributed by atoms with Gasteiger partial charge in [0.05, 0.1) is 9.79 Å². The lowest BCUT2D eigenvalue weighted by atomic mass is 10.2. The number of nitrogens with one attached hydrogen (secondary N) is 3. The Morgan fingerprint density at radius 3 is 2.44 bits per heavy atom. The van der Waals surface area contributed by atoms with Gasteiger partial charge in [0.1, 0.15) is 0 Å². The first kappa shape index (κ1) is 23.4. The van der Waals surface area contributed by atoms with Gasteiger partial charge in [-0.15, -0.1) is 0 Å². The van der Waals surface area contributed by atoms with E-state index in [0.29, 0.717) is 44.0 Å². The van der Waals surface area contributed by atoms with Gasteiger partial charge in [0.2, 0.25) is 9.84 Å². The predicted octanol–water partition coefficient (Wildman–Crippen LogP) is 2.28. The van der Waals surface area contributed by atoms with E-state index in [1.165, 1.54) is 36.4 Å². The monoisotopic (exact) mass is 479 g/mol. The third kappa shape index (κ3) is 5.59. The number of hydrogen-bond acceptors (Lipinski definition) is 6. The van der Waals surface area contributed by atoms with Gasteiger partial charge in [-0.1, -0.05) is 12.1 Å². The van der Waals surface area contributed by atoms with Gasteiger partial charge in [-0.3, -0.25) is 9.78 Å². The molecule has 0 unspecified atom stereocenters. The van der Waals surface area contributed by atoms with E-state index in [1.807, 2.05) is 6.07 Å². The molecule has 2 aromatic carbocycles. The molecule has 0 spiro atoms. The van der Waals surface area contributed by atoms with E-state index < -0.39 is 15.9 Å². The molecule has 0 bridgehead atoms. The first-order valence-corrected chi connectivity index (χ1v) is 12.3. The number of piperazine rings is 1. The van der Waals surface area contributed by atoms with Gasteiger partial charge >= 0.3 is 6.03 Å². The number of hydrogen-bond donors (Lipinski definition) is 3. The molecule has 3 N–H and O–H groups in total. The standard InChI is InChI=1S/C24H25N5O4S/c30-23(29-13-11-25-12-14-29)19-4-1-5-22(15-19)34(32,33)21-8-6-20(7-9-21)28-24(31)27-17-18-3-2-10-26-16-18/h1-10,15-16,25H,11-14,17H2,(H2,27,28,31). The minimum atomic E-state index is -3.84. The average molecular weight is 480 g/mol. The van der Waals surface area contributed by atoms with Gasteiger partial charge in [-0.05, 0) is 54.1 Å². The summed E-state index contributed by atoms with van der Waals surface area (Å²) in [5, 5.41) is 8.57. The number of benzene rings is 2. The number of nitrogens with zero attached hydrogens (tertiary/aromatic N) is 2. The molecule has 34 heavy (non-hydrogen) atoms. The van der Waals surface area contributed by atoms with Crippen LogP contribution in [-0.4, -0.2) is 56.4 Å². The van der Waals surface area contributed by atoms with Crippen LogP contribution in [0.2, 0.25) is 0 Å². The number of pyridine rings is 1. The summed E-state index contributed by atoms with van der Waals surface area (Å²) in [5.41, 5.74) is 1.65. The first-order chi connectivity index (χ1) is 16.4. The summed E-state index contributed by atoms with van der Waals surface area (Å²) in [5.74, 6) is -0.185. The molecule has 0 aliphatic carbocycles. The summed E-state index contributed by atoms with van der Waals surface area (Å²) in [7, 11) is -3.84. The fraction of sp³-hybridized carbons (Fsp3) is 0.208. The molecule has 10 heteroatoms. The molecule has 3 amide bonds. The highest BCUT2D eigenvalue weighted by atomic mass is 32.2. The van der Waals surface area contributed by atoms with Crippen molar-refractivity contribution in [2.45, 2.75) is 16.3 Å². The maximum atomic E-state index is 13.1. The minimum Gasteiger partial charge on any atom is -0.336 e. The number of urea groups is 1. The number of aromatic nitrogens is 1. The normalized spacial score (nSPS) is 13.8. The van der Waals surface area contributed by atoms with Crippen molar-refractivity contribution in [3.8, 4) is 0 Å². The summed E-state index contributed by atoms with van der Waals surface area (Å²) in [6, 6.07) is 15.2.